The Balaban J connectivity index is 0.00000117. The van der Waals surface area contributed by atoms with Crippen molar-refractivity contribution in [3.05, 3.63) is 65.7 Å². The van der Waals surface area contributed by atoms with E-state index in [-0.39, 0.29) is 12.5 Å². The van der Waals surface area contributed by atoms with E-state index in [0.717, 1.165) is 24.0 Å². The molecule has 0 aliphatic heterocycles. The molecule has 3 rings (SSSR count). The predicted octanol–water partition coefficient (Wildman–Crippen LogP) is 3.25. The molecule has 0 radical (unpaired) electrons. The van der Waals surface area contributed by atoms with Crippen LogP contribution in [0.4, 0.5) is 5.69 Å². The number of hydrogen-bond donors (Lipinski definition) is 2. The fraction of sp³-hybridized carbons (Fsp3) is 0.105. The Bertz CT molecular complexity index is 832. The Morgan fingerprint density at radius 2 is 1.92 bits per heavy atom. The topological polar surface area (TPSA) is 88.5 Å². The molecule has 1 aromatic carbocycles. The van der Waals surface area contributed by atoms with Crippen LogP contribution in [-0.4, -0.2) is 36.0 Å². The van der Waals surface area contributed by atoms with Gasteiger partial charge in [0.05, 0.1) is 27.3 Å². The molecule has 0 atom stereocenters. The van der Waals surface area contributed by atoms with Crippen LogP contribution in [-0.2, 0) is 4.79 Å². The van der Waals surface area contributed by atoms with Gasteiger partial charge in [-0.05, 0) is 36.4 Å². The summed E-state index contributed by atoms with van der Waals surface area (Å²) in [5.41, 5.74) is 1.35. The summed E-state index contributed by atoms with van der Waals surface area (Å²) >= 11 is 1.37. The summed E-state index contributed by atoms with van der Waals surface area (Å²) in [6.45, 7) is -0.0701. The van der Waals surface area contributed by atoms with E-state index in [1.807, 2.05) is 24.3 Å². The summed E-state index contributed by atoms with van der Waals surface area (Å²) in [5.74, 6) is 0.387. The first-order chi connectivity index (χ1) is 12.7. The second-order valence-electron chi connectivity index (χ2n) is 4.90. The van der Waals surface area contributed by atoms with E-state index in [0.29, 0.717) is 16.3 Å². The van der Waals surface area contributed by atoms with E-state index in [1.165, 1.54) is 11.3 Å². The largest absolute Gasteiger partial charge is 0.484 e. The van der Waals surface area contributed by atoms with Gasteiger partial charge in [-0.2, -0.15) is 0 Å². The molecular formula is C19H18N2O4S. The van der Waals surface area contributed by atoms with Gasteiger partial charge in [0, 0.05) is 7.11 Å². The first kappa shape index (κ1) is 19.3. The van der Waals surface area contributed by atoms with Crippen LogP contribution in [0.2, 0.25) is 0 Å². The van der Waals surface area contributed by atoms with E-state index >= 15 is 0 Å². The number of aliphatic hydroxyl groups excluding tert-OH is 1. The van der Waals surface area contributed by atoms with E-state index in [2.05, 4.69) is 10.3 Å². The normalized spacial score (nSPS) is 9.62. The van der Waals surface area contributed by atoms with Crippen molar-refractivity contribution >= 4 is 29.2 Å². The summed E-state index contributed by atoms with van der Waals surface area (Å²) in [6, 6.07) is 16.3. The maximum Gasteiger partial charge on any atom is 0.262 e. The first-order valence-corrected chi connectivity index (χ1v) is 8.50. The minimum Gasteiger partial charge on any atom is -0.484 e. The highest BCUT2D eigenvalue weighted by Gasteiger charge is 2.06. The molecule has 2 aromatic heterocycles. The first-order valence-electron chi connectivity index (χ1n) is 7.68. The van der Waals surface area contributed by atoms with Crippen LogP contribution < -0.4 is 10.1 Å². The summed E-state index contributed by atoms with van der Waals surface area (Å²) in [4.78, 5) is 28.5. The Kier molecular flexibility index (Phi) is 7.48. The lowest BCUT2D eigenvalue weighted by Crippen LogP contribution is -2.20. The zero-order chi connectivity index (χ0) is 18.8. The smallest absolute Gasteiger partial charge is 0.262 e. The van der Waals surface area contributed by atoms with Gasteiger partial charge in [0.1, 0.15) is 5.75 Å². The number of nitrogens with zero attached hydrogens (tertiary/aromatic N) is 1. The number of amides is 1. The van der Waals surface area contributed by atoms with Crippen molar-refractivity contribution in [3.63, 3.8) is 0 Å². The highest BCUT2D eigenvalue weighted by molar-refractivity contribution is 7.17. The summed E-state index contributed by atoms with van der Waals surface area (Å²) in [5, 5.41) is 9.73. The van der Waals surface area contributed by atoms with Gasteiger partial charge in [0.2, 0.25) is 0 Å². The number of aldehydes is 1. The number of aromatic nitrogens is 1. The lowest BCUT2D eigenvalue weighted by Gasteiger charge is -2.07. The molecule has 2 heterocycles. The highest BCUT2D eigenvalue weighted by Crippen LogP contribution is 2.26. The fourth-order valence-electron chi connectivity index (χ4n) is 2.03. The average molecular weight is 370 g/mol. The van der Waals surface area contributed by atoms with Crippen molar-refractivity contribution in [1.82, 2.24) is 4.98 Å². The maximum atomic E-state index is 11.9. The van der Waals surface area contributed by atoms with E-state index in [9.17, 15) is 9.59 Å². The van der Waals surface area contributed by atoms with Gasteiger partial charge in [-0.25, -0.2) is 0 Å². The van der Waals surface area contributed by atoms with E-state index < -0.39 is 0 Å². The molecule has 0 unspecified atom stereocenters. The number of ether oxygens (including phenoxy) is 1. The molecule has 0 saturated carbocycles. The average Bonchev–Trinajstić information content (AvgIpc) is 3.19. The summed E-state index contributed by atoms with van der Waals surface area (Å²) in [7, 11) is 1.00. The van der Waals surface area contributed by atoms with Crippen molar-refractivity contribution in [3.8, 4) is 16.3 Å². The number of thiophene rings is 1. The molecule has 1 amide bonds. The number of pyridine rings is 1. The molecule has 0 bridgehead atoms. The number of hydrogen-bond acceptors (Lipinski definition) is 6. The molecule has 0 aliphatic carbocycles. The fourth-order valence-corrected chi connectivity index (χ4v) is 2.83. The number of aliphatic hydroxyl groups is 1. The molecule has 0 saturated heterocycles. The Morgan fingerprint density at radius 3 is 2.54 bits per heavy atom. The standard InChI is InChI=1S/C18H14N2O3S.CH4O/c21-11-15-7-9-17(24-15)16-8-6-13(10-19-16)20-18(22)12-23-14-4-2-1-3-5-14;1-2/h1-11H,12H2,(H,20,22);2H,1H3. The summed E-state index contributed by atoms with van der Waals surface area (Å²) < 4.78 is 5.38. The van der Waals surface area contributed by atoms with Gasteiger partial charge in [-0.3, -0.25) is 14.6 Å². The molecule has 6 nitrogen and oxygen atoms in total. The molecule has 7 heteroatoms. The highest BCUT2D eigenvalue weighted by atomic mass is 32.1. The third-order valence-electron chi connectivity index (χ3n) is 3.16. The molecule has 0 spiro atoms. The van der Waals surface area contributed by atoms with Crippen LogP contribution in [0.3, 0.4) is 0 Å². The van der Waals surface area contributed by atoms with Crippen molar-refractivity contribution in [2.75, 3.05) is 19.0 Å². The number of para-hydroxylation sites is 1. The Morgan fingerprint density at radius 1 is 1.15 bits per heavy atom. The maximum absolute atomic E-state index is 11.9. The van der Waals surface area contributed by atoms with Crippen LogP contribution in [0.1, 0.15) is 9.67 Å². The van der Waals surface area contributed by atoms with Gasteiger partial charge in [0.25, 0.3) is 5.91 Å². The van der Waals surface area contributed by atoms with Crippen LogP contribution in [0.15, 0.2) is 60.8 Å². The van der Waals surface area contributed by atoms with Gasteiger partial charge in [0.15, 0.2) is 12.9 Å². The predicted molar refractivity (Wildman–Crippen MR) is 102 cm³/mol. The Labute approximate surface area is 155 Å². The third-order valence-corrected chi connectivity index (χ3v) is 4.19. The van der Waals surface area contributed by atoms with Crippen LogP contribution >= 0.6 is 11.3 Å². The number of anilines is 1. The lowest BCUT2D eigenvalue weighted by molar-refractivity contribution is -0.118. The number of benzene rings is 1. The van der Waals surface area contributed by atoms with Crippen LogP contribution in [0.5, 0.6) is 5.75 Å². The van der Waals surface area contributed by atoms with E-state index in [4.69, 9.17) is 9.84 Å². The number of nitrogens with one attached hydrogen (secondary N) is 1. The molecule has 0 aliphatic rings. The van der Waals surface area contributed by atoms with Crippen molar-refractivity contribution in [2.24, 2.45) is 0 Å². The lowest BCUT2D eigenvalue weighted by atomic mass is 10.3. The molecule has 0 fully saturated rings. The van der Waals surface area contributed by atoms with Crippen molar-refractivity contribution < 1.29 is 19.4 Å². The van der Waals surface area contributed by atoms with Gasteiger partial charge in [-0.15, -0.1) is 11.3 Å². The SMILES string of the molecule is CO.O=Cc1ccc(-c2ccc(NC(=O)COc3ccccc3)cn2)s1. The molecule has 3 aromatic rings. The number of carbonyl (C=O) groups is 2. The van der Waals surface area contributed by atoms with Crippen LogP contribution in [0.25, 0.3) is 10.6 Å². The summed E-state index contributed by atoms with van der Waals surface area (Å²) in [6.07, 6.45) is 2.39. The number of carbonyl (C=O) groups excluding carboxylic acids is 2. The van der Waals surface area contributed by atoms with E-state index in [1.54, 1.807) is 36.5 Å². The second kappa shape index (κ2) is 10.1. The minimum absolute atomic E-state index is 0.0701. The molecule has 2 N–H and O–H groups in total. The molecule has 134 valence electrons. The molecular weight excluding hydrogens is 352 g/mol. The van der Waals surface area contributed by atoms with Crippen LogP contribution in [0, 0.1) is 0 Å². The van der Waals surface area contributed by atoms with Gasteiger partial charge in [-0.1, -0.05) is 18.2 Å². The molecule has 26 heavy (non-hydrogen) atoms. The zero-order valence-corrected chi connectivity index (χ0v) is 14.9. The minimum atomic E-state index is -0.257. The van der Waals surface area contributed by atoms with Crippen molar-refractivity contribution in [2.45, 2.75) is 0 Å². The second-order valence-corrected chi connectivity index (χ2v) is 6.02. The van der Waals surface area contributed by atoms with Gasteiger partial charge >= 0.3 is 0 Å². The quantitative estimate of drug-likeness (QED) is 0.650. The van der Waals surface area contributed by atoms with Crippen molar-refractivity contribution in [1.29, 1.82) is 0 Å². The zero-order valence-electron chi connectivity index (χ0n) is 14.1. The number of rotatable bonds is 6. The third kappa shape index (κ3) is 5.51. The monoisotopic (exact) mass is 370 g/mol. The Hall–Kier alpha value is -3.03. The van der Waals surface area contributed by atoms with Gasteiger partial charge < -0.3 is 15.2 Å².